The average molecular weight is 227 g/mol. The lowest BCUT2D eigenvalue weighted by Gasteiger charge is -2.22. The van der Waals surface area contributed by atoms with Crippen LogP contribution in [-0.2, 0) is 13.0 Å². The molecule has 1 aromatic heterocycles. The van der Waals surface area contributed by atoms with Crippen molar-refractivity contribution in [2.45, 2.75) is 46.2 Å². The second kappa shape index (κ2) is 5.47. The molecule has 0 spiro atoms. The molecule has 86 valence electrons. The molecule has 3 nitrogen and oxygen atoms in total. The van der Waals surface area contributed by atoms with E-state index in [1.165, 1.54) is 4.88 Å². The molecule has 1 heterocycles. The Morgan fingerprint density at radius 2 is 2.13 bits per heavy atom. The van der Waals surface area contributed by atoms with Crippen LogP contribution >= 0.6 is 11.3 Å². The summed E-state index contributed by atoms with van der Waals surface area (Å²) in [5.74, 6) is 0. The minimum atomic E-state index is 0.534. The molecular weight excluding hydrogens is 206 g/mol. The third-order valence-corrected chi connectivity index (χ3v) is 4.05. The van der Waals surface area contributed by atoms with E-state index in [0.29, 0.717) is 12.6 Å². The summed E-state index contributed by atoms with van der Waals surface area (Å²) in [4.78, 5) is 8.10. The average Bonchev–Trinajstić information content (AvgIpc) is 2.69. The van der Waals surface area contributed by atoms with Crippen LogP contribution in [0.4, 0.5) is 5.13 Å². The van der Waals surface area contributed by atoms with Gasteiger partial charge in [0.25, 0.3) is 0 Å². The van der Waals surface area contributed by atoms with Crippen LogP contribution in [0.15, 0.2) is 0 Å². The van der Waals surface area contributed by atoms with E-state index in [9.17, 15) is 0 Å². The smallest absolute Gasteiger partial charge is 0.185 e. The van der Waals surface area contributed by atoms with E-state index in [-0.39, 0.29) is 0 Å². The molecule has 1 aromatic rings. The van der Waals surface area contributed by atoms with Crippen LogP contribution in [-0.4, -0.2) is 18.1 Å². The van der Waals surface area contributed by atoms with Gasteiger partial charge in [-0.05, 0) is 19.8 Å². The Kier molecular flexibility index (Phi) is 4.54. The first-order valence-electron chi connectivity index (χ1n) is 5.55. The lowest BCUT2D eigenvalue weighted by Crippen LogP contribution is -2.27. The molecule has 0 fully saturated rings. The molecule has 1 unspecified atom stereocenters. The second-order valence-corrected chi connectivity index (χ2v) is 4.85. The van der Waals surface area contributed by atoms with Crippen LogP contribution in [0.1, 0.15) is 37.8 Å². The largest absolute Gasteiger partial charge is 0.348 e. The standard InChI is InChI=1S/C11H21N3S/c1-5-8(3)14(4)11-13-9(6-2)10(7-12)15-11/h8H,5-7,12H2,1-4H3. The maximum absolute atomic E-state index is 5.70. The monoisotopic (exact) mass is 227 g/mol. The number of thiazole rings is 1. The lowest BCUT2D eigenvalue weighted by molar-refractivity contribution is 0.661. The Labute approximate surface area is 96.3 Å². The molecule has 0 aliphatic rings. The van der Waals surface area contributed by atoms with Crippen molar-refractivity contribution in [3.8, 4) is 0 Å². The zero-order valence-electron chi connectivity index (χ0n) is 10.1. The first-order chi connectivity index (χ1) is 7.13. The van der Waals surface area contributed by atoms with Gasteiger partial charge in [-0.15, -0.1) is 11.3 Å². The fraction of sp³-hybridized carbons (Fsp3) is 0.727. The van der Waals surface area contributed by atoms with Gasteiger partial charge < -0.3 is 10.6 Å². The number of anilines is 1. The second-order valence-electron chi connectivity index (χ2n) is 3.79. The fourth-order valence-electron chi connectivity index (χ4n) is 1.42. The highest BCUT2D eigenvalue weighted by Gasteiger charge is 2.14. The summed E-state index contributed by atoms with van der Waals surface area (Å²) in [7, 11) is 2.10. The number of hydrogen-bond acceptors (Lipinski definition) is 4. The topological polar surface area (TPSA) is 42.2 Å². The number of aromatic nitrogens is 1. The van der Waals surface area contributed by atoms with Crippen molar-refractivity contribution < 1.29 is 0 Å². The van der Waals surface area contributed by atoms with E-state index in [0.717, 1.165) is 23.7 Å². The van der Waals surface area contributed by atoms with Crippen LogP contribution in [0.2, 0.25) is 0 Å². The quantitative estimate of drug-likeness (QED) is 0.840. The highest BCUT2D eigenvalue weighted by molar-refractivity contribution is 7.15. The van der Waals surface area contributed by atoms with Gasteiger partial charge in [0.05, 0.1) is 5.69 Å². The Bertz CT molecular complexity index is 287. The molecule has 0 aliphatic carbocycles. The summed E-state index contributed by atoms with van der Waals surface area (Å²) in [6.07, 6.45) is 2.10. The van der Waals surface area contributed by atoms with Gasteiger partial charge in [-0.3, -0.25) is 0 Å². The van der Waals surface area contributed by atoms with E-state index in [1.54, 1.807) is 11.3 Å². The molecule has 0 amide bonds. The molecule has 0 aliphatic heterocycles. The Balaban J connectivity index is 2.90. The van der Waals surface area contributed by atoms with Gasteiger partial charge in [-0.25, -0.2) is 4.98 Å². The third kappa shape index (κ3) is 2.69. The molecule has 0 bridgehead atoms. The fourth-order valence-corrected chi connectivity index (χ4v) is 2.51. The predicted molar refractivity (Wildman–Crippen MR) is 67.5 cm³/mol. The van der Waals surface area contributed by atoms with Crippen molar-refractivity contribution in [3.05, 3.63) is 10.6 Å². The molecule has 4 heteroatoms. The molecule has 2 N–H and O–H groups in total. The van der Waals surface area contributed by atoms with Gasteiger partial charge in [0, 0.05) is 24.5 Å². The molecule has 0 aromatic carbocycles. The summed E-state index contributed by atoms with van der Waals surface area (Å²) in [5.41, 5.74) is 6.86. The first-order valence-corrected chi connectivity index (χ1v) is 6.37. The van der Waals surface area contributed by atoms with Gasteiger partial charge in [0.1, 0.15) is 0 Å². The van der Waals surface area contributed by atoms with E-state index >= 15 is 0 Å². The zero-order chi connectivity index (χ0) is 11.4. The van der Waals surface area contributed by atoms with Crippen LogP contribution in [0.25, 0.3) is 0 Å². The normalized spacial score (nSPS) is 12.9. The van der Waals surface area contributed by atoms with Crippen molar-refractivity contribution in [2.75, 3.05) is 11.9 Å². The molecule has 0 saturated carbocycles. The number of hydrogen-bond donors (Lipinski definition) is 1. The molecule has 15 heavy (non-hydrogen) atoms. The molecular formula is C11H21N3S. The minimum Gasteiger partial charge on any atom is -0.348 e. The van der Waals surface area contributed by atoms with Crippen LogP contribution < -0.4 is 10.6 Å². The Morgan fingerprint density at radius 1 is 1.47 bits per heavy atom. The van der Waals surface area contributed by atoms with Gasteiger partial charge in [-0.1, -0.05) is 13.8 Å². The van der Waals surface area contributed by atoms with Gasteiger partial charge in [-0.2, -0.15) is 0 Å². The SMILES string of the molecule is CCc1nc(N(C)C(C)CC)sc1CN. The van der Waals surface area contributed by atoms with Crippen molar-refractivity contribution in [1.82, 2.24) is 4.98 Å². The van der Waals surface area contributed by atoms with E-state index < -0.39 is 0 Å². The molecule has 1 rings (SSSR count). The highest BCUT2D eigenvalue weighted by atomic mass is 32.1. The van der Waals surface area contributed by atoms with Gasteiger partial charge in [0.15, 0.2) is 5.13 Å². The van der Waals surface area contributed by atoms with Crippen molar-refractivity contribution in [1.29, 1.82) is 0 Å². The highest BCUT2D eigenvalue weighted by Crippen LogP contribution is 2.27. The lowest BCUT2D eigenvalue weighted by atomic mass is 10.2. The van der Waals surface area contributed by atoms with Gasteiger partial charge >= 0.3 is 0 Å². The third-order valence-electron chi connectivity index (χ3n) is 2.84. The summed E-state index contributed by atoms with van der Waals surface area (Å²) in [5, 5.41) is 1.10. The number of rotatable bonds is 5. The van der Waals surface area contributed by atoms with Crippen LogP contribution in [0.5, 0.6) is 0 Å². The van der Waals surface area contributed by atoms with Crippen molar-refractivity contribution >= 4 is 16.5 Å². The van der Waals surface area contributed by atoms with Crippen molar-refractivity contribution in [2.24, 2.45) is 5.73 Å². The summed E-state index contributed by atoms with van der Waals surface area (Å²) in [6.45, 7) is 7.14. The zero-order valence-corrected chi connectivity index (χ0v) is 10.9. The van der Waals surface area contributed by atoms with Crippen LogP contribution in [0, 0.1) is 0 Å². The summed E-state index contributed by atoms with van der Waals surface area (Å²) >= 11 is 1.73. The predicted octanol–water partition coefficient (Wildman–Crippen LogP) is 2.40. The molecule has 1 atom stereocenters. The van der Waals surface area contributed by atoms with Gasteiger partial charge in [0.2, 0.25) is 0 Å². The number of nitrogens with zero attached hydrogens (tertiary/aromatic N) is 2. The minimum absolute atomic E-state index is 0.534. The molecule has 0 radical (unpaired) electrons. The first kappa shape index (κ1) is 12.5. The van der Waals surface area contributed by atoms with E-state index in [1.807, 2.05) is 0 Å². The maximum atomic E-state index is 5.70. The maximum Gasteiger partial charge on any atom is 0.185 e. The number of aryl methyl sites for hydroxylation is 1. The summed E-state index contributed by atoms with van der Waals surface area (Å²) < 4.78 is 0. The van der Waals surface area contributed by atoms with Crippen LogP contribution in [0.3, 0.4) is 0 Å². The molecule has 0 saturated heterocycles. The van der Waals surface area contributed by atoms with E-state index in [4.69, 9.17) is 5.73 Å². The van der Waals surface area contributed by atoms with Crippen molar-refractivity contribution in [3.63, 3.8) is 0 Å². The Morgan fingerprint density at radius 3 is 2.53 bits per heavy atom. The number of nitrogens with two attached hydrogens (primary N) is 1. The Hall–Kier alpha value is -0.610. The van der Waals surface area contributed by atoms with E-state index in [2.05, 4.69) is 37.7 Å². The summed E-state index contributed by atoms with van der Waals surface area (Å²) in [6, 6.07) is 0.534.